The van der Waals surface area contributed by atoms with Gasteiger partial charge in [0.1, 0.15) is 6.04 Å². The first-order valence-corrected chi connectivity index (χ1v) is 9.98. The molecule has 24 heavy (non-hydrogen) atoms. The van der Waals surface area contributed by atoms with E-state index in [-0.39, 0.29) is 17.9 Å². The largest absolute Gasteiger partial charge is 0.354 e. The molecule has 0 radical (unpaired) electrons. The Kier molecular flexibility index (Phi) is 11.5. The van der Waals surface area contributed by atoms with Crippen molar-refractivity contribution in [2.24, 2.45) is 0 Å². The second-order valence-corrected chi connectivity index (χ2v) is 6.85. The van der Waals surface area contributed by atoms with Gasteiger partial charge >= 0.3 is 0 Å². The third-order valence-corrected chi connectivity index (χ3v) is 4.70. The number of hydrogen-bond donors (Lipinski definition) is 2. The summed E-state index contributed by atoms with van der Waals surface area (Å²) in [6.07, 6.45) is 11.7. The molecule has 1 aliphatic heterocycles. The lowest BCUT2D eigenvalue weighted by Gasteiger charge is -2.35. The highest BCUT2D eigenvalue weighted by Gasteiger charge is 2.32. The Morgan fingerprint density at radius 1 is 1.04 bits per heavy atom. The molecular weight excluding hydrogens is 302 g/mol. The zero-order chi connectivity index (χ0) is 17.6. The van der Waals surface area contributed by atoms with Gasteiger partial charge in [0.05, 0.1) is 6.54 Å². The smallest absolute Gasteiger partial charge is 0.244 e. The average molecular weight is 340 g/mol. The molecule has 0 bridgehead atoms. The SMILES string of the molecule is CCCCCCCCN1C(=O)CNCC1C(=O)NCCCCCC. The van der Waals surface area contributed by atoms with Crippen LogP contribution in [0.25, 0.3) is 0 Å². The summed E-state index contributed by atoms with van der Waals surface area (Å²) >= 11 is 0. The molecule has 5 nitrogen and oxygen atoms in total. The molecule has 1 fully saturated rings. The fourth-order valence-corrected chi connectivity index (χ4v) is 3.16. The number of carbonyl (C=O) groups excluding carboxylic acids is 2. The van der Waals surface area contributed by atoms with Crippen LogP contribution >= 0.6 is 0 Å². The minimum absolute atomic E-state index is 0.00182. The lowest BCUT2D eigenvalue weighted by molar-refractivity contribution is -0.142. The Morgan fingerprint density at radius 3 is 2.38 bits per heavy atom. The quantitative estimate of drug-likeness (QED) is 0.507. The van der Waals surface area contributed by atoms with Crippen molar-refractivity contribution in [3.63, 3.8) is 0 Å². The molecule has 1 rings (SSSR count). The van der Waals surface area contributed by atoms with E-state index in [1.807, 2.05) is 0 Å². The molecule has 1 aliphatic rings. The van der Waals surface area contributed by atoms with E-state index in [0.29, 0.717) is 26.2 Å². The number of unbranched alkanes of at least 4 members (excludes halogenated alkanes) is 8. The first-order valence-electron chi connectivity index (χ1n) is 9.98. The van der Waals surface area contributed by atoms with Crippen molar-refractivity contribution in [3.8, 4) is 0 Å². The second kappa shape index (κ2) is 13.2. The zero-order valence-corrected chi connectivity index (χ0v) is 15.7. The van der Waals surface area contributed by atoms with Crippen LogP contribution in [0.15, 0.2) is 0 Å². The first kappa shape index (κ1) is 20.9. The molecule has 1 heterocycles. The summed E-state index contributed by atoms with van der Waals surface area (Å²) in [5, 5.41) is 6.08. The van der Waals surface area contributed by atoms with Crippen LogP contribution in [-0.2, 0) is 9.59 Å². The van der Waals surface area contributed by atoms with Gasteiger partial charge in [0.15, 0.2) is 0 Å². The lowest BCUT2D eigenvalue weighted by atomic mass is 10.1. The summed E-state index contributed by atoms with van der Waals surface area (Å²) in [7, 11) is 0. The second-order valence-electron chi connectivity index (χ2n) is 6.85. The van der Waals surface area contributed by atoms with E-state index in [1.165, 1.54) is 38.5 Å². The Labute approximate surface area is 147 Å². The zero-order valence-electron chi connectivity index (χ0n) is 15.7. The van der Waals surface area contributed by atoms with Crippen molar-refractivity contribution in [2.45, 2.75) is 84.1 Å². The normalized spacial score (nSPS) is 18.0. The van der Waals surface area contributed by atoms with Crippen molar-refractivity contribution < 1.29 is 9.59 Å². The molecular formula is C19H37N3O2. The van der Waals surface area contributed by atoms with E-state index < -0.39 is 0 Å². The van der Waals surface area contributed by atoms with E-state index >= 15 is 0 Å². The molecule has 140 valence electrons. The number of nitrogens with one attached hydrogen (secondary N) is 2. The van der Waals surface area contributed by atoms with E-state index in [0.717, 1.165) is 25.7 Å². The van der Waals surface area contributed by atoms with Gasteiger partial charge in [-0.3, -0.25) is 9.59 Å². The van der Waals surface area contributed by atoms with Gasteiger partial charge in [0.25, 0.3) is 0 Å². The number of hydrogen-bond acceptors (Lipinski definition) is 3. The van der Waals surface area contributed by atoms with Crippen LogP contribution in [0.2, 0.25) is 0 Å². The van der Waals surface area contributed by atoms with E-state index in [2.05, 4.69) is 24.5 Å². The van der Waals surface area contributed by atoms with Crippen molar-refractivity contribution in [1.82, 2.24) is 15.5 Å². The van der Waals surface area contributed by atoms with Crippen molar-refractivity contribution in [2.75, 3.05) is 26.2 Å². The van der Waals surface area contributed by atoms with Crippen LogP contribution in [0, 0.1) is 0 Å². The third kappa shape index (κ3) is 8.13. The molecule has 0 spiro atoms. The minimum Gasteiger partial charge on any atom is -0.354 e. The van der Waals surface area contributed by atoms with Gasteiger partial charge in [-0.25, -0.2) is 0 Å². The molecule has 1 unspecified atom stereocenters. The molecule has 2 amide bonds. The Bertz CT molecular complexity index is 361. The van der Waals surface area contributed by atoms with Crippen molar-refractivity contribution >= 4 is 11.8 Å². The van der Waals surface area contributed by atoms with E-state index in [1.54, 1.807) is 4.90 Å². The molecule has 0 aromatic carbocycles. The summed E-state index contributed by atoms with van der Waals surface area (Å²) in [4.78, 5) is 26.4. The highest BCUT2D eigenvalue weighted by molar-refractivity contribution is 5.89. The lowest BCUT2D eigenvalue weighted by Crippen LogP contribution is -2.60. The third-order valence-electron chi connectivity index (χ3n) is 4.70. The summed E-state index contributed by atoms with van der Waals surface area (Å²) in [6.45, 7) is 6.75. The monoisotopic (exact) mass is 339 g/mol. The van der Waals surface area contributed by atoms with Gasteiger partial charge in [0.2, 0.25) is 11.8 Å². The van der Waals surface area contributed by atoms with Crippen molar-refractivity contribution in [1.29, 1.82) is 0 Å². The Balaban J connectivity index is 2.32. The molecule has 1 atom stereocenters. The topological polar surface area (TPSA) is 61.4 Å². The molecule has 5 heteroatoms. The van der Waals surface area contributed by atoms with Gasteiger partial charge in [-0.2, -0.15) is 0 Å². The van der Waals surface area contributed by atoms with Gasteiger partial charge < -0.3 is 15.5 Å². The summed E-state index contributed by atoms with van der Waals surface area (Å²) in [6, 6.07) is -0.340. The maximum atomic E-state index is 12.4. The van der Waals surface area contributed by atoms with Gasteiger partial charge in [0, 0.05) is 19.6 Å². The maximum absolute atomic E-state index is 12.4. The number of nitrogens with zero attached hydrogens (tertiary/aromatic N) is 1. The van der Waals surface area contributed by atoms with Crippen molar-refractivity contribution in [3.05, 3.63) is 0 Å². The predicted molar refractivity (Wildman–Crippen MR) is 98.9 cm³/mol. The number of carbonyl (C=O) groups is 2. The first-order chi connectivity index (χ1) is 11.7. The Morgan fingerprint density at radius 2 is 1.67 bits per heavy atom. The van der Waals surface area contributed by atoms with Crippen LogP contribution in [0.1, 0.15) is 78.1 Å². The fourth-order valence-electron chi connectivity index (χ4n) is 3.16. The van der Waals surface area contributed by atoms with Gasteiger partial charge in [-0.15, -0.1) is 0 Å². The van der Waals surface area contributed by atoms with Gasteiger partial charge in [-0.1, -0.05) is 65.2 Å². The molecule has 0 aliphatic carbocycles. The summed E-state index contributed by atoms with van der Waals surface area (Å²) in [5.41, 5.74) is 0. The molecule has 0 aromatic rings. The fraction of sp³-hybridized carbons (Fsp3) is 0.895. The molecule has 0 aromatic heterocycles. The maximum Gasteiger partial charge on any atom is 0.244 e. The number of amides is 2. The number of piperazine rings is 1. The molecule has 2 N–H and O–H groups in total. The standard InChI is InChI=1S/C19H37N3O2/c1-3-5-7-9-10-12-14-22-17(15-20-16-18(22)23)19(24)21-13-11-8-6-4-2/h17,20H,3-16H2,1-2H3,(H,21,24). The van der Waals surface area contributed by atoms with Gasteiger partial charge in [-0.05, 0) is 12.8 Å². The molecule has 1 saturated heterocycles. The van der Waals surface area contributed by atoms with Crippen LogP contribution < -0.4 is 10.6 Å². The average Bonchev–Trinajstić information content (AvgIpc) is 2.58. The van der Waals surface area contributed by atoms with Crippen LogP contribution in [0.4, 0.5) is 0 Å². The van der Waals surface area contributed by atoms with Crippen LogP contribution in [0.3, 0.4) is 0 Å². The predicted octanol–water partition coefficient (Wildman–Crippen LogP) is 2.84. The Hall–Kier alpha value is -1.10. The van der Waals surface area contributed by atoms with E-state index in [9.17, 15) is 9.59 Å². The molecule has 0 saturated carbocycles. The highest BCUT2D eigenvalue weighted by Crippen LogP contribution is 2.10. The number of rotatable bonds is 13. The summed E-state index contributed by atoms with van der Waals surface area (Å²) in [5.74, 6) is 0.0546. The van der Waals surface area contributed by atoms with E-state index in [4.69, 9.17) is 0 Å². The van der Waals surface area contributed by atoms with Crippen LogP contribution in [-0.4, -0.2) is 48.9 Å². The van der Waals surface area contributed by atoms with Crippen LogP contribution in [0.5, 0.6) is 0 Å². The summed E-state index contributed by atoms with van der Waals surface area (Å²) < 4.78 is 0. The minimum atomic E-state index is -0.340. The highest BCUT2D eigenvalue weighted by atomic mass is 16.2.